The van der Waals surface area contributed by atoms with Crippen LogP contribution >= 0.6 is 0 Å². The van der Waals surface area contributed by atoms with Crippen molar-refractivity contribution < 1.29 is 56.2 Å². The second-order valence-corrected chi connectivity index (χ2v) is 17.4. The summed E-state index contributed by atoms with van der Waals surface area (Å²) < 4.78 is 59.1. The molecule has 364 valence electrons. The minimum Gasteiger partial charge on any atom is -0.457 e. The van der Waals surface area contributed by atoms with Crippen LogP contribution in [-0.4, -0.2) is 97.5 Å². The van der Waals surface area contributed by atoms with E-state index in [1.54, 1.807) is 0 Å². The lowest BCUT2D eigenvalue weighted by Gasteiger charge is -2.41. The van der Waals surface area contributed by atoms with Gasteiger partial charge in [-0.25, -0.2) is 4.18 Å². The van der Waals surface area contributed by atoms with Crippen LogP contribution in [-0.2, 0) is 38.3 Å². The van der Waals surface area contributed by atoms with E-state index in [0.717, 1.165) is 96.3 Å². The molecule has 1 saturated heterocycles. The zero-order valence-electron chi connectivity index (χ0n) is 38.9. The number of ether oxygens (including phenoxy) is 4. The van der Waals surface area contributed by atoms with Crippen molar-refractivity contribution >= 4 is 16.4 Å². The van der Waals surface area contributed by atoms with Crippen LogP contribution < -0.4 is 0 Å². The van der Waals surface area contributed by atoms with Crippen LogP contribution in [0.15, 0.2) is 72.9 Å². The molecule has 4 N–H and O–H groups in total. The molecule has 0 aromatic carbocycles. The SMILES string of the molecule is CC/C=C\C/C=C\C/C=C\C/C=C\C/C=C\CCCCCCCCCCCC(=O)OC(COCCCCCCCC/C=C\CCC)COC1OC(CO)C(O)C(OS(=O)(=O)O)C1O. The fourth-order valence-electron chi connectivity index (χ4n) is 6.94. The van der Waals surface area contributed by atoms with Crippen molar-refractivity contribution in [3.05, 3.63) is 72.9 Å². The highest BCUT2D eigenvalue weighted by atomic mass is 32.3. The fraction of sp³-hybridized carbons (Fsp3) is 0.740. The van der Waals surface area contributed by atoms with E-state index < -0.39 is 59.8 Å². The molecule has 6 unspecified atom stereocenters. The molecule has 0 aromatic heterocycles. The van der Waals surface area contributed by atoms with Gasteiger partial charge in [0.05, 0.1) is 19.8 Å². The zero-order chi connectivity index (χ0) is 46.1. The van der Waals surface area contributed by atoms with E-state index in [1.165, 1.54) is 51.4 Å². The molecule has 0 aromatic rings. The van der Waals surface area contributed by atoms with E-state index in [-0.39, 0.29) is 19.6 Å². The Bertz CT molecular complexity index is 1370. The largest absolute Gasteiger partial charge is 0.457 e. The first-order chi connectivity index (χ1) is 30.6. The molecule has 0 bridgehead atoms. The van der Waals surface area contributed by atoms with Crippen molar-refractivity contribution in [1.82, 2.24) is 0 Å². The van der Waals surface area contributed by atoms with Gasteiger partial charge in [-0.2, -0.15) is 8.42 Å². The molecule has 0 saturated carbocycles. The van der Waals surface area contributed by atoms with Crippen molar-refractivity contribution in [3.8, 4) is 0 Å². The van der Waals surface area contributed by atoms with Crippen molar-refractivity contribution in [1.29, 1.82) is 0 Å². The third-order valence-electron chi connectivity index (χ3n) is 10.5. The van der Waals surface area contributed by atoms with Crippen molar-refractivity contribution in [2.45, 2.75) is 211 Å². The number of aliphatic hydroxyl groups is 3. The molecule has 63 heavy (non-hydrogen) atoms. The van der Waals surface area contributed by atoms with Gasteiger partial charge in [0, 0.05) is 13.0 Å². The quantitative estimate of drug-likeness (QED) is 0.0198. The lowest BCUT2D eigenvalue weighted by molar-refractivity contribution is -0.301. The van der Waals surface area contributed by atoms with Crippen LogP contribution in [0.3, 0.4) is 0 Å². The number of carbonyl (C=O) groups excluding carboxylic acids is 1. The average Bonchev–Trinajstić information content (AvgIpc) is 3.26. The van der Waals surface area contributed by atoms with Crippen LogP contribution in [0, 0.1) is 0 Å². The van der Waals surface area contributed by atoms with Crippen molar-refractivity contribution in [2.24, 2.45) is 0 Å². The number of hydrogen-bond donors (Lipinski definition) is 4. The Hall–Kier alpha value is -2.46. The first-order valence-electron chi connectivity index (χ1n) is 24.2. The van der Waals surface area contributed by atoms with E-state index in [1.807, 2.05) is 0 Å². The molecule has 1 heterocycles. The highest BCUT2D eigenvalue weighted by Crippen LogP contribution is 2.26. The summed E-state index contributed by atoms with van der Waals surface area (Å²) in [6, 6.07) is 0. The molecule has 1 rings (SSSR count). The molecule has 13 heteroatoms. The second-order valence-electron chi connectivity index (χ2n) is 16.3. The van der Waals surface area contributed by atoms with E-state index in [0.29, 0.717) is 13.0 Å². The van der Waals surface area contributed by atoms with Gasteiger partial charge in [-0.15, -0.1) is 0 Å². The number of aliphatic hydroxyl groups excluding tert-OH is 3. The number of carbonyl (C=O) groups is 1. The molecular formula is C50H86O12S. The maximum Gasteiger partial charge on any atom is 0.397 e. The summed E-state index contributed by atoms with van der Waals surface area (Å²) in [4.78, 5) is 12.9. The van der Waals surface area contributed by atoms with Crippen molar-refractivity contribution in [3.63, 3.8) is 0 Å². The molecule has 1 fully saturated rings. The van der Waals surface area contributed by atoms with Gasteiger partial charge in [0.15, 0.2) is 6.29 Å². The van der Waals surface area contributed by atoms with Gasteiger partial charge in [0.25, 0.3) is 0 Å². The zero-order valence-corrected chi connectivity index (χ0v) is 39.7. The summed E-state index contributed by atoms with van der Waals surface area (Å²) in [6.45, 7) is 3.79. The molecule has 1 aliphatic rings. The van der Waals surface area contributed by atoms with Crippen molar-refractivity contribution in [2.75, 3.05) is 26.4 Å². The predicted molar refractivity (Wildman–Crippen MR) is 252 cm³/mol. The Labute approximate surface area is 381 Å². The van der Waals surface area contributed by atoms with E-state index in [9.17, 15) is 28.5 Å². The summed E-state index contributed by atoms with van der Waals surface area (Å²) in [5.74, 6) is -0.411. The summed E-state index contributed by atoms with van der Waals surface area (Å²) >= 11 is 0. The molecule has 6 atom stereocenters. The summed E-state index contributed by atoms with van der Waals surface area (Å²) in [7, 11) is -5.07. The summed E-state index contributed by atoms with van der Waals surface area (Å²) in [5, 5.41) is 30.7. The molecular weight excluding hydrogens is 825 g/mol. The maximum atomic E-state index is 12.9. The Morgan fingerprint density at radius 3 is 1.62 bits per heavy atom. The normalized spacial score (nSPS) is 20.5. The molecule has 0 spiro atoms. The van der Waals surface area contributed by atoms with Gasteiger partial charge in [-0.05, 0) is 77.0 Å². The maximum absolute atomic E-state index is 12.9. The van der Waals surface area contributed by atoms with Gasteiger partial charge >= 0.3 is 16.4 Å². The Balaban J connectivity index is 2.34. The second kappa shape index (κ2) is 41.0. The lowest BCUT2D eigenvalue weighted by atomic mass is 9.99. The highest BCUT2D eigenvalue weighted by molar-refractivity contribution is 7.80. The number of hydrogen-bond acceptors (Lipinski definition) is 11. The minimum absolute atomic E-state index is 0.0258. The van der Waals surface area contributed by atoms with E-state index in [2.05, 4.69) is 90.9 Å². The number of allylic oxidation sites excluding steroid dienone is 12. The number of esters is 1. The van der Waals surface area contributed by atoms with Crippen LogP contribution in [0.4, 0.5) is 0 Å². The van der Waals surface area contributed by atoms with Crippen LogP contribution in [0.5, 0.6) is 0 Å². The summed E-state index contributed by atoms with van der Waals surface area (Å²) in [5.41, 5.74) is 0. The smallest absolute Gasteiger partial charge is 0.397 e. The third kappa shape index (κ3) is 34.5. The van der Waals surface area contributed by atoms with Gasteiger partial charge in [-0.1, -0.05) is 164 Å². The van der Waals surface area contributed by atoms with Gasteiger partial charge < -0.3 is 34.3 Å². The van der Waals surface area contributed by atoms with E-state index in [4.69, 9.17) is 23.5 Å². The summed E-state index contributed by atoms with van der Waals surface area (Å²) in [6.07, 6.45) is 43.7. The molecule has 1 aliphatic heterocycles. The Morgan fingerprint density at radius 1 is 0.619 bits per heavy atom. The minimum atomic E-state index is -5.07. The average molecular weight is 911 g/mol. The Morgan fingerprint density at radius 2 is 1.10 bits per heavy atom. The first-order valence-corrected chi connectivity index (χ1v) is 25.6. The van der Waals surface area contributed by atoms with E-state index >= 15 is 0 Å². The fourth-order valence-corrected chi connectivity index (χ4v) is 7.44. The topological polar surface area (TPSA) is 178 Å². The monoisotopic (exact) mass is 911 g/mol. The highest BCUT2D eigenvalue weighted by Gasteiger charge is 2.48. The van der Waals surface area contributed by atoms with Gasteiger partial charge in [-0.3, -0.25) is 9.35 Å². The predicted octanol–water partition coefficient (Wildman–Crippen LogP) is 10.7. The lowest BCUT2D eigenvalue weighted by Crippen LogP contribution is -2.60. The first kappa shape index (κ1) is 58.6. The third-order valence-corrected chi connectivity index (χ3v) is 11.0. The molecule has 0 radical (unpaired) electrons. The van der Waals surface area contributed by atoms with Gasteiger partial charge in [0.2, 0.25) is 0 Å². The Kier molecular flexibility index (Phi) is 38.1. The van der Waals surface area contributed by atoms with Crippen LogP contribution in [0.2, 0.25) is 0 Å². The van der Waals surface area contributed by atoms with Crippen LogP contribution in [0.1, 0.15) is 174 Å². The van der Waals surface area contributed by atoms with Gasteiger partial charge in [0.1, 0.15) is 30.5 Å². The van der Waals surface area contributed by atoms with Crippen LogP contribution in [0.25, 0.3) is 0 Å². The number of rotatable bonds is 41. The molecule has 0 aliphatic carbocycles. The standard InChI is InChI=1S/C50H86O12S/c1-3-5-7-9-11-13-15-16-17-18-19-20-21-22-23-24-25-26-27-28-29-31-33-35-37-39-46(52)60-44(42-58-40-38-36-34-32-30-14-12-10-8-6-4-2)43-59-50-48(54)49(62-63(55,56)57)47(53)45(41-51)61-50/h5,7-8,10-11,13,16-17,19-20,22-23,44-45,47-51,53-54H,3-4,6,9,12,14-15,18,21,24-43H2,1-2H3,(H,55,56,57)/b7-5-,10-8-,13-11-,17-16-,20-19-,23-22-. The number of unbranched alkanes of at least 4 members (excludes halogenated alkanes) is 16. The molecule has 12 nitrogen and oxygen atoms in total. The molecule has 0 amide bonds.